The van der Waals surface area contributed by atoms with Crippen molar-refractivity contribution in [2.75, 3.05) is 38.2 Å². The van der Waals surface area contributed by atoms with E-state index in [0.717, 1.165) is 30.1 Å². The number of nitrogens with one attached hydrogen (secondary N) is 2. The number of thiophene rings is 1. The summed E-state index contributed by atoms with van der Waals surface area (Å²) in [5.74, 6) is -3.90. The van der Waals surface area contributed by atoms with Crippen LogP contribution in [0.15, 0.2) is 35.7 Å². The van der Waals surface area contributed by atoms with Gasteiger partial charge in [0.05, 0.1) is 19.3 Å². The number of hydrogen-bond donors (Lipinski definition) is 2. The highest BCUT2D eigenvalue weighted by molar-refractivity contribution is 7.10. The standard InChI is InChI=1S/C18H19F2N3O3S/c19-13-4-3-12(10-14(13)20)22-18(25)17(24)21-11-15(16-2-1-9-27-16)23-5-7-26-8-6-23/h1-4,9-10,15H,5-8,11H2,(H,21,24)(H,22,25)/t15-/m1/s1. The number of amides is 2. The zero-order valence-electron chi connectivity index (χ0n) is 14.4. The van der Waals surface area contributed by atoms with Crippen molar-refractivity contribution in [1.29, 1.82) is 0 Å². The predicted octanol–water partition coefficient (Wildman–Crippen LogP) is 2.15. The molecular formula is C18H19F2N3O3S. The first-order valence-electron chi connectivity index (χ1n) is 8.44. The van der Waals surface area contributed by atoms with Crippen molar-refractivity contribution in [1.82, 2.24) is 10.2 Å². The number of anilines is 1. The summed E-state index contributed by atoms with van der Waals surface area (Å²) >= 11 is 1.58. The van der Waals surface area contributed by atoms with Crippen LogP contribution in [0.5, 0.6) is 0 Å². The van der Waals surface area contributed by atoms with E-state index in [9.17, 15) is 18.4 Å². The van der Waals surface area contributed by atoms with Crippen LogP contribution < -0.4 is 10.6 Å². The molecule has 1 fully saturated rings. The number of carbonyl (C=O) groups is 2. The van der Waals surface area contributed by atoms with E-state index in [1.54, 1.807) is 11.3 Å². The number of rotatable bonds is 5. The Labute approximate surface area is 159 Å². The highest BCUT2D eigenvalue weighted by Gasteiger charge is 2.25. The molecule has 2 N–H and O–H groups in total. The molecule has 27 heavy (non-hydrogen) atoms. The van der Waals surface area contributed by atoms with E-state index in [1.165, 1.54) is 6.07 Å². The van der Waals surface area contributed by atoms with Crippen LogP contribution in [0.1, 0.15) is 10.9 Å². The number of hydrogen-bond acceptors (Lipinski definition) is 5. The first-order chi connectivity index (χ1) is 13.0. The Morgan fingerprint density at radius 2 is 1.93 bits per heavy atom. The highest BCUT2D eigenvalue weighted by Crippen LogP contribution is 2.25. The van der Waals surface area contributed by atoms with Crippen LogP contribution in [0, 0.1) is 11.6 Å². The van der Waals surface area contributed by atoms with Gasteiger partial charge in [-0.15, -0.1) is 11.3 Å². The predicted molar refractivity (Wildman–Crippen MR) is 97.4 cm³/mol. The Hall–Kier alpha value is -2.36. The molecule has 0 spiro atoms. The summed E-state index contributed by atoms with van der Waals surface area (Å²) in [7, 11) is 0. The minimum atomic E-state index is -1.10. The maximum atomic E-state index is 13.2. The number of morpholine rings is 1. The third-order valence-electron chi connectivity index (χ3n) is 4.20. The smallest absolute Gasteiger partial charge is 0.313 e. The van der Waals surface area contributed by atoms with E-state index in [2.05, 4.69) is 15.5 Å². The third kappa shape index (κ3) is 5.09. The van der Waals surface area contributed by atoms with Gasteiger partial charge in [-0.05, 0) is 23.6 Å². The number of benzene rings is 1. The SMILES string of the molecule is O=C(NC[C@H](c1cccs1)N1CCOCC1)C(=O)Nc1ccc(F)c(F)c1. The van der Waals surface area contributed by atoms with Crippen LogP contribution in [0.4, 0.5) is 14.5 Å². The molecule has 144 valence electrons. The molecule has 0 aliphatic carbocycles. The second-order valence-corrected chi connectivity index (χ2v) is 6.95. The molecule has 2 heterocycles. The van der Waals surface area contributed by atoms with E-state index in [4.69, 9.17) is 4.74 Å². The van der Waals surface area contributed by atoms with Crippen molar-refractivity contribution in [3.05, 3.63) is 52.2 Å². The largest absolute Gasteiger partial charge is 0.379 e. The van der Waals surface area contributed by atoms with E-state index in [0.29, 0.717) is 13.2 Å². The number of nitrogens with zero attached hydrogens (tertiary/aromatic N) is 1. The quantitative estimate of drug-likeness (QED) is 0.762. The van der Waals surface area contributed by atoms with Gasteiger partial charge in [-0.1, -0.05) is 6.07 Å². The summed E-state index contributed by atoms with van der Waals surface area (Å²) in [5, 5.41) is 6.84. The molecule has 0 bridgehead atoms. The second-order valence-electron chi connectivity index (χ2n) is 5.97. The Morgan fingerprint density at radius 1 is 1.15 bits per heavy atom. The lowest BCUT2D eigenvalue weighted by molar-refractivity contribution is -0.136. The van der Waals surface area contributed by atoms with Crippen LogP contribution in [0.2, 0.25) is 0 Å². The molecule has 1 aliphatic heterocycles. The molecule has 6 nitrogen and oxygen atoms in total. The van der Waals surface area contributed by atoms with E-state index >= 15 is 0 Å². The minimum absolute atomic E-state index is 0.0111. The number of ether oxygens (including phenoxy) is 1. The van der Waals surface area contributed by atoms with Gasteiger partial charge >= 0.3 is 11.8 Å². The maximum Gasteiger partial charge on any atom is 0.313 e. The number of halogens is 2. The van der Waals surface area contributed by atoms with Crippen molar-refractivity contribution in [2.45, 2.75) is 6.04 Å². The summed E-state index contributed by atoms with van der Waals surface area (Å²) in [6.45, 7) is 2.96. The molecule has 0 unspecified atom stereocenters. The van der Waals surface area contributed by atoms with Gasteiger partial charge in [0.2, 0.25) is 0 Å². The van der Waals surface area contributed by atoms with Crippen LogP contribution in [-0.2, 0) is 14.3 Å². The molecule has 2 amide bonds. The second kappa shape index (κ2) is 9.03. The average Bonchev–Trinajstić information content (AvgIpc) is 3.20. The molecule has 1 aromatic carbocycles. The van der Waals surface area contributed by atoms with Crippen LogP contribution >= 0.6 is 11.3 Å². The molecule has 9 heteroatoms. The maximum absolute atomic E-state index is 13.2. The fourth-order valence-electron chi connectivity index (χ4n) is 2.81. The molecule has 2 aromatic rings. The summed E-state index contributed by atoms with van der Waals surface area (Å²) in [4.78, 5) is 27.4. The topological polar surface area (TPSA) is 70.7 Å². The summed E-state index contributed by atoms with van der Waals surface area (Å²) in [6.07, 6.45) is 0. The van der Waals surface area contributed by atoms with Gasteiger partial charge in [-0.3, -0.25) is 14.5 Å². The monoisotopic (exact) mass is 395 g/mol. The Bertz CT molecular complexity index is 795. The van der Waals surface area contributed by atoms with E-state index in [1.807, 2.05) is 17.5 Å². The van der Waals surface area contributed by atoms with Gasteiger partial charge < -0.3 is 15.4 Å². The normalized spacial score (nSPS) is 15.9. The Balaban J connectivity index is 1.59. The van der Waals surface area contributed by atoms with E-state index < -0.39 is 23.4 Å². The lowest BCUT2D eigenvalue weighted by Gasteiger charge is -2.34. The zero-order chi connectivity index (χ0) is 19.2. The van der Waals surface area contributed by atoms with Crippen molar-refractivity contribution in [3.63, 3.8) is 0 Å². The van der Waals surface area contributed by atoms with Gasteiger partial charge in [-0.25, -0.2) is 8.78 Å². The number of carbonyl (C=O) groups excluding carboxylic acids is 2. The first-order valence-corrected chi connectivity index (χ1v) is 9.32. The van der Waals surface area contributed by atoms with Crippen molar-refractivity contribution >= 4 is 28.8 Å². The van der Waals surface area contributed by atoms with Gasteiger partial charge in [-0.2, -0.15) is 0 Å². The minimum Gasteiger partial charge on any atom is -0.379 e. The molecule has 1 saturated heterocycles. The molecule has 1 aromatic heterocycles. The van der Waals surface area contributed by atoms with Crippen LogP contribution in [0.3, 0.4) is 0 Å². The third-order valence-corrected chi connectivity index (χ3v) is 5.17. The Morgan fingerprint density at radius 3 is 2.59 bits per heavy atom. The molecule has 1 atom stereocenters. The molecule has 3 rings (SSSR count). The fraction of sp³-hybridized carbons (Fsp3) is 0.333. The molecule has 1 aliphatic rings. The van der Waals surface area contributed by atoms with Crippen molar-refractivity contribution in [2.24, 2.45) is 0 Å². The van der Waals surface area contributed by atoms with Crippen LogP contribution in [0.25, 0.3) is 0 Å². The lowest BCUT2D eigenvalue weighted by Crippen LogP contribution is -2.45. The summed E-state index contributed by atoms with van der Waals surface area (Å²) in [5.41, 5.74) is 0.0111. The fourth-order valence-corrected chi connectivity index (χ4v) is 3.67. The van der Waals surface area contributed by atoms with Crippen molar-refractivity contribution in [3.8, 4) is 0 Å². The zero-order valence-corrected chi connectivity index (χ0v) is 15.2. The lowest BCUT2D eigenvalue weighted by atomic mass is 10.2. The summed E-state index contributed by atoms with van der Waals surface area (Å²) in [6, 6.07) is 6.75. The van der Waals surface area contributed by atoms with Gasteiger partial charge in [0, 0.05) is 36.3 Å². The molecule has 0 radical (unpaired) electrons. The van der Waals surface area contributed by atoms with Gasteiger partial charge in [0.15, 0.2) is 11.6 Å². The van der Waals surface area contributed by atoms with Crippen LogP contribution in [-0.4, -0.2) is 49.6 Å². The van der Waals surface area contributed by atoms with Gasteiger partial charge in [0.1, 0.15) is 0 Å². The first kappa shape index (κ1) is 19.4. The average molecular weight is 395 g/mol. The molecular weight excluding hydrogens is 376 g/mol. The Kier molecular flexibility index (Phi) is 6.49. The highest BCUT2D eigenvalue weighted by atomic mass is 32.1. The molecule has 0 saturated carbocycles. The van der Waals surface area contributed by atoms with Gasteiger partial charge in [0.25, 0.3) is 0 Å². The van der Waals surface area contributed by atoms with E-state index in [-0.39, 0.29) is 18.3 Å². The summed E-state index contributed by atoms with van der Waals surface area (Å²) < 4.78 is 31.5. The van der Waals surface area contributed by atoms with Crippen molar-refractivity contribution < 1.29 is 23.1 Å².